The molecule has 4 rings (SSSR count). The summed E-state index contributed by atoms with van der Waals surface area (Å²) in [6.45, 7) is 0. The predicted octanol–water partition coefficient (Wildman–Crippen LogP) is 3.57. The molecule has 6 nitrogen and oxygen atoms in total. The molecule has 0 radical (unpaired) electrons. The van der Waals surface area contributed by atoms with E-state index < -0.39 is 0 Å². The van der Waals surface area contributed by atoms with Crippen molar-refractivity contribution in [2.24, 2.45) is 0 Å². The van der Waals surface area contributed by atoms with E-state index in [-0.39, 0.29) is 0 Å². The number of piperidine rings is 2. The zero-order chi connectivity index (χ0) is 17.9. The number of benzene rings is 1. The Labute approximate surface area is 153 Å². The Morgan fingerprint density at radius 3 is 2.81 bits per heavy atom. The van der Waals surface area contributed by atoms with Gasteiger partial charge in [0.25, 0.3) is 0 Å². The minimum Gasteiger partial charge on any atom is -0.439 e. The van der Waals surface area contributed by atoms with Gasteiger partial charge in [-0.2, -0.15) is 10.2 Å². The van der Waals surface area contributed by atoms with Gasteiger partial charge in [-0.05, 0) is 50.9 Å². The standard InChI is InChI=1S/C20H23N5O/c1-25-16-5-3-6-17(25)12-15(11-16)23-20-22-9-8-19(24-20)26-18-7-2-4-14(10-18)13-21/h2,4,7-10,15-17H,3,5-6,11-12H2,1H3,(H,22,23,24)/t15?,16-,17+. The number of rotatable bonds is 4. The van der Waals surface area contributed by atoms with Crippen LogP contribution in [0.3, 0.4) is 0 Å². The molecule has 1 aromatic heterocycles. The number of nitrogens with zero attached hydrogens (tertiary/aromatic N) is 4. The smallest absolute Gasteiger partial charge is 0.226 e. The van der Waals surface area contributed by atoms with Gasteiger partial charge in [-0.3, -0.25) is 0 Å². The maximum Gasteiger partial charge on any atom is 0.226 e. The first-order valence-electron chi connectivity index (χ1n) is 9.21. The summed E-state index contributed by atoms with van der Waals surface area (Å²) in [5.74, 6) is 1.68. The Balaban J connectivity index is 1.44. The van der Waals surface area contributed by atoms with Gasteiger partial charge < -0.3 is 15.0 Å². The molecule has 2 aromatic rings. The fourth-order valence-corrected chi connectivity index (χ4v) is 4.13. The Kier molecular flexibility index (Phi) is 4.72. The molecule has 0 spiro atoms. The van der Waals surface area contributed by atoms with E-state index in [2.05, 4.69) is 33.3 Å². The second kappa shape index (κ2) is 7.30. The van der Waals surface area contributed by atoms with Gasteiger partial charge in [-0.15, -0.1) is 0 Å². The van der Waals surface area contributed by atoms with Gasteiger partial charge in [-0.1, -0.05) is 12.5 Å². The molecule has 2 bridgehead atoms. The molecule has 2 aliphatic rings. The molecule has 1 unspecified atom stereocenters. The Bertz CT molecular complexity index is 804. The number of fused-ring (bicyclic) bond motifs is 2. The van der Waals surface area contributed by atoms with E-state index in [1.54, 1.807) is 30.5 Å². The molecule has 1 N–H and O–H groups in total. The first-order chi connectivity index (χ1) is 12.7. The molecule has 2 aliphatic heterocycles. The Hall–Kier alpha value is -2.65. The number of nitrogens with one attached hydrogen (secondary N) is 1. The van der Waals surface area contributed by atoms with Crippen LogP contribution in [0.2, 0.25) is 0 Å². The molecular formula is C20H23N5O. The first-order valence-corrected chi connectivity index (χ1v) is 9.21. The third-order valence-electron chi connectivity index (χ3n) is 5.49. The monoisotopic (exact) mass is 349 g/mol. The molecule has 3 atom stereocenters. The third-order valence-corrected chi connectivity index (χ3v) is 5.49. The second-order valence-corrected chi connectivity index (χ2v) is 7.18. The molecule has 0 amide bonds. The highest BCUT2D eigenvalue weighted by Gasteiger charge is 2.36. The van der Waals surface area contributed by atoms with Crippen molar-refractivity contribution in [2.75, 3.05) is 12.4 Å². The SMILES string of the molecule is CN1[C@@H]2CCC[C@H]1CC(Nc1nccc(Oc3cccc(C#N)c3)n1)C2. The van der Waals surface area contributed by atoms with E-state index in [0.29, 0.717) is 41.3 Å². The van der Waals surface area contributed by atoms with Crippen molar-refractivity contribution in [1.29, 1.82) is 5.26 Å². The van der Waals surface area contributed by atoms with Crippen LogP contribution in [-0.2, 0) is 0 Å². The van der Waals surface area contributed by atoms with Gasteiger partial charge in [0, 0.05) is 30.4 Å². The molecule has 2 saturated heterocycles. The molecule has 2 fully saturated rings. The summed E-state index contributed by atoms with van der Waals surface area (Å²) in [7, 11) is 2.25. The van der Waals surface area contributed by atoms with Crippen LogP contribution in [0.25, 0.3) is 0 Å². The summed E-state index contributed by atoms with van der Waals surface area (Å²) < 4.78 is 5.79. The van der Waals surface area contributed by atoms with Crippen molar-refractivity contribution in [3.8, 4) is 17.7 Å². The fourth-order valence-electron chi connectivity index (χ4n) is 4.13. The van der Waals surface area contributed by atoms with Crippen molar-refractivity contribution in [2.45, 2.75) is 50.2 Å². The molecule has 3 heterocycles. The lowest BCUT2D eigenvalue weighted by atomic mass is 9.82. The molecule has 1 aromatic carbocycles. The Morgan fingerprint density at radius 1 is 1.23 bits per heavy atom. The Morgan fingerprint density at radius 2 is 2.04 bits per heavy atom. The van der Waals surface area contributed by atoms with Gasteiger partial charge in [0.05, 0.1) is 11.6 Å². The third kappa shape index (κ3) is 3.63. The van der Waals surface area contributed by atoms with Crippen LogP contribution < -0.4 is 10.1 Å². The average Bonchev–Trinajstić information content (AvgIpc) is 2.63. The topological polar surface area (TPSA) is 74.1 Å². The van der Waals surface area contributed by atoms with E-state index >= 15 is 0 Å². The molecular weight excluding hydrogens is 326 g/mol. The van der Waals surface area contributed by atoms with Crippen molar-refractivity contribution in [3.05, 3.63) is 42.1 Å². The summed E-state index contributed by atoms with van der Waals surface area (Å²) >= 11 is 0. The van der Waals surface area contributed by atoms with E-state index in [4.69, 9.17) is 10.00 Å². The van der Waals surface area contributed by atoms with Crippen molar-refractivity contribution in [1.82, 2.24) is 14.9 Å². The number of anilines is 1. The maximum absolute atomic E-state index is 9.00. The normalized spacial score (nSPS) is 25.3. The van der Waals surface area contributed by atoms with Gasteiger partial charge in [0.15, 0.2) is 0 Å². The first kappa shape index (κ1) is 16.8. The number of ether oxygens (including phenoxy) is 1. The molecule has 0 aliphatic carbocycles. The minimum absolute atomic E-state index is 0.402. The summed E-state index contributed by atoms with van der Waals surface area (Å²) in [6.07, 6.45) is 7.87. The zero-order valence-corrected chi connectivity index (χ0v) is 14.9. The summed E-state index contributed by atoms with van der Waals surface area (Å²) in [4.78, 5) is 11.4. The van der Waals surface area contributed by atoms with Crippen LogP contribution >= 0.6 is 0 Å². The quantitative estimate of drug-likeness (QED) is 0.909. The number of aromatic nitrogens is 2. The molecule has 134 valence electrons. The lowest BCUT2D eigenvalue weighted by Crippen LogP contribution is -2.52. The van der Waals surface area contributed by atoms with E-state index in [0.717, 1.165) is 12.8 Å². The van der Waals surface area contributed by atoms with Crippen LogP contribution in [0, 0.1) is 11.3 Å². The minimum atomic E-state index is 0.402. The van der Waals surface area contributed by atoms with Crippen LogP contribution in [0.5, 0.6) is 11.6 Å². The zero-order valence-electron chi connectivity index (χ0n) is 14.9. The fraction of sp³-hybridized carbons (Fsp3) is 0.450. The lowest BCUT2D eigenvalue weighted by molar-refractivity contribution is 0.0607. The number of hydrogen-bond acceptors (Lipinski definition) is 6. The largest absolute Gasteiger partial charge is 0.439 e. The number of hydrogen-bond donors (Lipinski definition) is 1. The predicted molar refractivity (Wildman–Crippen MR) is 99.1 cm³/mol. The van der Waals surface area contributed by atoms with E-state index in [1.165, 1.54) is 19.3 Å². The van der Waals surface area contributed by atoms with Gasteiger partial charge in [0.1, 0.15) is 5.75 Å². The molecule has 26 heavy (non-hydrogen) atoms. The van der Waals surface area contributed by atoms with Crippen molar-refractivity contribution >= 4 is 5.95 Å². The van der Waals surface area contributed by atoms with E-state index in [9.17, 15) is 0 Å². The molecule has 6 heteroatoms. The van der Waals surface area contributed by atoms with Gasteiger partial charge >= 0.3 is 0 Å². The highest BCUT2D eigenvalue weighted by atomic mass is 16.5. The summed E-state index contributed by atoms with van der Waals surface area (Å²) in [6, 6.07) is 12.6. The van der Waals surface area contributed by atoms with Gasteiger partial charge in [-0.25, -0.2) is 4.98 Å². The van der Waals surface area contributed by atoms with E-state index in [1.807, 2.05) is 6.07 Å². The highest BCUT2D eigenvalue weighted by molar-refractivity contribution is 5.38. The summed E-state index contributed by atoms with van der Waals surface area (Å²) in [5, 5.41) is 12.5. The maximum atomic E-state index is 9.00. The van der Waals surface area contributed by atoms with Crippen molar-refractivity contribution in [3.63, 3.8) is 0 Å². The van der Waals surface area contributed by atoms with Crippen LogP contribution in [-0.4, -0.2) is 40.0 Å². The molecule has 0 saturated carbocycles. The summed E-state index contributed by atoms with van der Waals surface area (Å²) in [5.41, 5.74) is 0.563. The average molecular weight is 349 g/mol. The highest BCUT2D eigenvalue weighted by Crippen LogP contribution is 2.33. The van der Waals surface area contributed by atoms with Gasteiger partial charge in [0.2, 0.25) is 11.8 Å². The van der Waals surface area contributed by atoms with Crippen LogP contribution in [0.1, 0.15) is 37.7 Å². The van der Waals surface area contributed by atoms with Crippen LogP contribution in [0.15, 0.2) is 36.5 Å². The lowest BCUT2D eigenvalue weighted by Gasteiger charge is -2.47. The van der Waals surface area contributed by atoms with Crippen LogP contribution in [0.4, 0.5) is 5.95 Å². The number of nitriles is 1. The van der Waals surface area contributed by atoms with Crippen molar-refractivity contribution < 1.29 is 4.74 Å². The second-order valence-electron chi connectivity index (χ2n) is 7.18.